The van der Waals surface area contributed by atoms with Crippen molar-refractivity contribution in [2.75, 3.05) is 0 Å². The first-order valence-corrected chi connectivity index (χ1v) is 5.98. The number of ether oxygens (including phenoxy) is 2. The van der Waals surface area contributed by atoms with Crippen molar-refractivity contribution in [3.63, 3.8) is 0 Å². The molecule has 0 unspecified atom stereocenters. The summed E-state index contributed by atoms with van der Waals surface area (Å²) < 4.78 is 12.8. The van der Waals surface area contributed by atoms with Crippen LogP contribution in [0.15, 0.2) is 15.5 Å². The molecule has 5 nitrogen and oxygen atoms in total. The van der Waals surface area contributed by atoms with Crippen molar-refractivity contribution in [2.24, 2.45) is 0 Å². The number of aldehydes is 1. The predicted molar refractivity (Wildman–Crippen MR) is 63.6 cm³/mol. The zero-order chi connectivity index (χ0) is 12.6. The third-order valence-electron chi connectivity index (χ3n) is 2.57. The van der Waals surface area contributed by atoms with E-state index < -0.39 is 6.29 Å². The predicted octanol–water partition coefficient (Wildman–Crippen LogP) is 1.51. The maximum atomic E-state index is 11.8. The highest BCUT2D eigenvalue weighted by atomic mass is 79.9. The molecule has 0 amide bonds. The van der Waals surface area contributed by atoms with Crippen molar-refractivity contribution in [2.45, 2.75) is 33.0 Å². The molecule has 1 aromatic heterocycles. The fraction of sp³-hybridized carbons (Fsp3) is 0.455. The van der Waals surface area contributed by atoms with Crippen LogP contribution in [0.3, 0.4) is 0 Å². The second-order valence-corrected chi connectivity index (χ2v) is 4.62. The summed E-state index contributed by atoms with van der Waals surface area (Å²) in [5, 5.41) is 0. The molecule has 0 atom stereocenters. The van der Waals surface area contributed by atoms with Gasteiger partial charge in [0.25, 0.3) is 0 Å². The second-order valence-electron chi connectivity index (χ2n) is 3.83. The average Bonchev–Trinajstić information content (AvgIpc) is 2.24. The molecule has 2 rings (SSSR count). The summed E-state index contributed by atoms with van der Waals surface area (Å²) in [6.45, 7) is 3.62. The van der Waals surface area contributed by atoms with Gasteiger partial charge in [0, 0.05) is 11.8 Å². The molecular weight excluding hydrogens is 290 g/mol. The molecule has 1 aliphatic rings. The van der Waals surface area contributed by atoms with E-state index in [2.05, 4.69) is 15.9 Å². The van der Waals surface area contributed by atoms with Crippen molar-refractivity contribution in [1.82, 2.24) is 4.57 Å². The van der Waals surface area contributed by atoms with E-state index in [0.29, 0.717) is 15.7 Å². The van der Waals surface area contributed by atoms with Gasteiger partial charge in [-0.2, -0.15) is 0 Å². The molecule has 1 aromatic rings. The zero-order valence-corrected chi connectivity index (χ0v) is 11.1. The number of nitrogens with zero attached hydrogens (tertiary/aromatic N) is 1. The first-order valence-electron chi connectivity index (χ1n) is 5.18. The molecular formula is C11H12BrNO4. The number of rotatable bonds is 3. The molecule has 1 saturated heterocycles. The van der Waals surface area contributed by atoms with E-state index in [-0.39, 0.29) is 18.3 Å². The molecule has 92 valence electrons. The van der Waals surface area contributed by atoms with E-state index in [9.17, 15) is 9.59 Å². The summed E-state index contributed by atoms with van der Waals surface area (Å²) in [5.74, 6) is 0. The van der Waals surface area contributed by atoms with Crippen molar-refractivity contribution in [1.29, 1.82) is 0 Å². The first-order chi connectivity index (χ1) is 8.04. The van der Waals surface area contributed by atoms with Crippen LogP contribution >= 0.6 is 15.9 Å². The Balaban J connectivity index is 2.50. The lowest BCUT2D eigenvalue weighted by Gasteiger charge is -2.35. The van der Waals surface area contributed by atoms with E-state index in [0.717, 1.165) is 6.29 Å². The van der Waals surface area contributed by atoms with Gasteiger partial charge >= 0.3 is 0 Å². The van der Waals surface area contributed by atoms with Crippen molar-refractivity contribution in [3.8, 4) is 0 Å². The summed E-state index contributed by atoms with van der Waals surface area (Å²) >= 11 is 3.24. The molecule has 0 radical (unpaired) electrons. The molecule has 1 fully saturated rings. The Morgan fingerprint density at radius 3 is 2.71 bits per heavy atom. The highest BCUT2D eigenvalue weighted by Gasteiger charge is 2.33. The Hall–Kier alpha value is -0.980. The molecule has 0 aromatic carbocycles. The average molecular weight is 302 g/mol. The normalized spacial score (nSPS) is 23.2. The van der Waals surface area contributed by atoms with E-state index in [1.54, 1.807) is 24.6 Å². The number of halogens is 1. The molecule has 6 heteroatoms. The largest absolute Gasteiger partial charge is 0.339 e. The fourth-order valence-electron chi connectivity index (χ4n) is 1.73. The Kier molecular flexibility index (Phi) is 3.46. The van der Waals surface area contributed by atoms with Gasteiger partial charge in [0.1, 0.15) is 6.29 Å². The minimum absolute atomic E-state index is 0.117. The number of pyridine rings is 1. The lowest BCUT2D eigenvalue weighted by molar-refractivity contribution is -0.385. The molecule has 0 bridgehead atoms. The monoisotopic (exact) mass is 301 g/mol. The van der Waals surface area contributed by atoms with Gasteiger partial charge in [-0.05, 0) is 29.8 Å². The van der Waals surface area contributed by atoms with Gasteiger partial charge in [-0.1, -0.05) is 0 Å². The summed E-state index contributed by atoms with van der Waals surface area (Å²) in [4.78, 5) is 22.4. The van der Waals surface area contributed by atoms with Crippen molar-refractivity contribution in [3.05, 3.63) is 32.2 Å². The smallest absolute Gasteiger partial charge is 0.205 e. The maximum absolute atomic E-state index is 11.8. The van der Waals surface area contributed by atoms with E-state index in [1.165, 1.54) is 0 Å². The number of hydrogen-bond acceptors (Lipinski definition) is 4. The van der Waals surface area contributed by atoms with Gasteiger partial charge in [-0.3, -0.25) is 4.79 Å². The van der Waals surface area contributed by atoms with Gasteiger partial charge in [0.2, 0.25) is 6.29 Å². The third-order valence-corrected chi connectivity index (χ3v) is 3.33. The van der Waals surface area contributed by atoms with Crippen molar-refractivity contribution < 1.29 is 14.3 Å². The molecule has 17 heavy (non-hydrogen) atoms. The number of carbonyl (C=O) groups is 1. The van der Waals surface area contributed by atoms with Crippen LogP contribution in [0.1, 0.15) is 24.5 Å². The fourth-order valence-corrected chi connectivity index (χ4v) is 2.46. The quantitative estimate of drug-likeness (QED) is 0.794. The van der Waals surface area contributed by atoms with Crippen LogP contribution in [0.2, 0.25) is 0 Å². The van der Waals surface area contributed by atoms with Gasteiger partial charge in [-0.25, -0.2) is 0 Å². The Bertz CT molecular complexity index is 505. The van der Waals surface area contributed by atoms with Crippen molar-refractivity contribution >= 4 is 22.2 Å². The molecule has 0 aliphatic carbocycles. The zero-order valence-electron chi connectivity index (χ0n) is 9.47. The minimum atomic E-state index is -0.590. The number of aryl methyl sites for hydroxylation is 1. The topological polar surface area (TPSA) is 57.5 Å². The summed E-state index contributed by atoms with van der Waals surface area (Å²) in [7, 11) is 0. The summed E-state index contributed by atoms with van der Waals surface area (Å²) in [6, 6.07) is 0. The number of aromatic nitrogens is 1. The van der Waals surface area contributed by atoms with Crippen LogP contribution in [0.5, 0.6) is 0 Å². The Morgan fingerprint density at radius 2 is 2.18 bits per heavy atom. The van der Waals surface area contributed by atoms with Gasteiger partial charge in [0.05, 0.1) is 16.7 Å². The molecule has 1 aliphatic heterocycles. The molecule has 0 saturated carbocycles. The number of carbonyl (C=O) groups excluding carboxylic acids is 1. The SMILES string of the molecule is Cc1cn(CC=O)c(C2OC(C)O2)c(Br)c1=O. The lowest BCUT2D eigenvalue weighted by atomic mass is 10.2. The van der Waals surface area contributed by atoms with Crippen LogP contribution in [0.25, 0.3) is 0 Å². The first kappa shape index (κ1) is 12.5. The molecule has 0 N–H and O–H groups in total. The molecule has 2 heterocycles. The van der Waals surface area contributed by atoms with Crippen LogP contribution in [0, 0.1) is 6.92 Å². The standard InChI is InChI=1S/C11H12BrNO4/c1-6-5-13(3-4-14)9(8(12)10(6)15)11-16-7(2)17-11/h4-5,7,11H,3H2,1-2H3. The Labute approximate surface area is 106 Å². The number of hydrogen-bond donors (Lipinski definition) is 0. The summed E-state index contributed by atoms with van der Waals surface area (Å²) in [6.07, 6.45) is 1.52. The highest BCUT2D eigenvalue weighted by Crippen LogP contribution is 2.34. The van der Waals surface area contributed by atoms with E-state index in [1.807, 2.05) is 0 Å². The third kappa shape index (κ3) is 2.20. The van der Waals surface area contributed by atoms with Crippen LogP contribution < -0.4 is 5.43 Å². The second kappa shape index (κ2) is 4.72. The van der Waals surface area contributed by atoms with E-state index in [4.69, 9.17) is 9.47 Å². The Morgan fingerprint density at radius 1 is 1.53 bits per heavy atom. The van der Waals surface area contributed by atoms with Gasteiger partial charge < -0.3 is 18.8 Å². The van der Waals surface area contributed by atoms with Crippen LogP contribution in [-0.4, -0.2) is 17.1 Å². The van der Waals surface area contributed by atoms with Gasteiger partial charge in [0.15, 0.2) is 11.7 Å². The molecule has 0 spiro atoms. The van der Waals surface area contributed by atoms with Gasteiger partial charge in [-0.15, -0.1) is 0 Å². The van der Waals surface area contributed by atoms with Crippen LogP contribution in [-0.2, 0) is 20.8 Å². The maximum Gasteiger partial charge on any atom is 0.205 e. The lowest BCUT2D eigenvalue weighted by Crippen LogP contribution is -2.35. The van der Waals surface area contributed by atoms with E-state index >= 15 is 0 Å². The van der Waals surface area contributed by atoms with Crippen LogP contribution in [0.4, 0.5) is 0 Å². The minimum Gasteiger partial charge on any atom is -0.339 e. The highest BCUT2D eigenvalue weighted by molar-refractivity contribution is 9.10. The summed E-state index contributed by atoms with van der Waals surface area (Å²) in [5.41, 5.74) is 0.995.